The Hall–Kier alpha value is -2.00. The van der Waals surface area contributed by atoms with Crippen LogP contribution in [0.4, 0.5) is 5.69 Å². The molecule has 9 heteroatoms. The van der Waals surface area contributed by atoms with E-state index < -0.39 is 14.9 Å². The highest BCUT2D eigenvalue weighted by Gasteiger charge is 2.31. The molecule has 0 aliphatic carbocycles. The lowest BCUT2D eigenvalue weighted by atomic mass is 10.2. The first-order chi connectivity index (χ1) is 10.8. The minimum atomic E-state index is -3.81. The number of hydrogen-bond donors (Lipinski definition) is 0. The molecular weight excluding hydrogens is 322 g/mol. The minimum Gasteiger partial charge on any atom is -0.340 e. The largest absolute Gasteiger partial charge is 0.340 e. The molecule has 0 spiro atoms. The Kier molecular flexibility index (Phi) is 5.00. The lowest BCUT2D eigenvalue weighted by Gasteiger charge is -2.34. The smallest absolute Gasteiger partial charge is 0.270 e. The number of piperazine rings is 1. The van der Waals surface area contributed by atoms with Gasteiger partial charge < -0.3 is 4.90 Å². The summed E-state index contributed by atoms with van der Waals surface area (Å²) < 4.78 is 26.7. The Labute approximate surface area is 134 Å². The van der Waals surface area contributed by atoms with Crippen molar-refractivity contribution in [3.8, 4) is 0 Å². The van der Waals surface area contributed by atoms with Gasteiger partial charge in [-0.15, -0.1) is 0 Å². The molecule has 23 heavy (non-hydrogen) atoms. The van der Waals surface area contributed by atoms with E-state index in [0.29, 0.717) is 25.1 Å². The molecule has 1 amide bonds. The zero-order valence-electron chi connectivity index (χ0n) is 13.1. The van der Waals surface area contributed by atoms with Gasteiger partial charge in [0.15, 0.2) is 0 Å². The van der Waals surface area contributed by atoms with Crippen LogP contribution < -0.4 is 0 Å². The summed E-state index contributed by atoms with van der Waals surface area (Å²) in [7, 11) is -3.81. The predicted molar refractivity (Wildman–Crippen MR) is 83.5 cm³/mol. The second-order valence-corrected chi connectivity index (χ2v) is 7.25. The highest BCUT2D eigenvalue weighted by molar-refractivity contribution is 7.89. The third-order valence-corrected chi connectivity index (χ3v) is 5.93. The molecule has 1 heterocycles. The maximum Gasteiger partial charge on any atom is 0.270 e. The van der Waals surface area contributed by atoms with Crippen LogP contribution in [0.15, 0.2) is 23.1 Å². The van der Waals surface area contributed by atoms with Crippen molar-refractivity contribution in [3.63, 3.8) is 0 Å². The van der Waals surface area contributed by atoms with Crippen molar-refractivity contribution in [1.29, 1.82) is 0 Å². The molecule has 0 radical (unpaired) electrons. The fraction of sp³-hybridized carbons (Fsp3) is 0.500. The Morgan fingerprint density at radius 1 is 1.26 bits per heavy atom. The second kappa shape index (κ2) is 6.63. The number of nitro groups is 1. The molecule has 1 saturated heterocycles. The van der Waals surface area contributed by atoms with E-state index >= 15 is 0 Å². The fourth-order valence-electron chi connectivity index (χ4n) is 2.52. The van der Waals surface area contributed by atoms with Crippen molar-refractivity contribution < 1.29 is 18.1 Å². The summed E-state index contributed by atoms with van der Waals surface area (Å²) in [6.07, 6.45) is 0.386. The normalized spacial score (nSPS) is 16.3. The van der Waals surface area contributed by atoms with E-state index in [4.69, 9.17) is 0 Å². The van der Waals surface area contributed by atoms with E-state index in [-0.39, 0.29) is 29.6 Å². The molecule has 0 aromatic heterocycles. The summed E-state index contributed by atoms with van der Waals surface area (Å²) in [5.41, 5.74) is 0.205. The second-order valence-electron chi connectivity index (χ2n) is 5.35. The van der Waals surface area contributed by atoms with Crippen LogP contribution in [-0.2, 0) is 14.8 Å². The highest BCUT2D eigenvalue weighted by Crippen LogP contribution is 2.25. The van der Waals surface area contributed by atoms with E-state index in [0.717, 1.165) is 6.07 Å². The predicted octanol–water partition coefficient (Wildman–Crippen LogP) is 1.15. The first kappa shape index (κ1) is 17.4. The molecule has 8 nitrogen and oxygen atoms in total. The summed E-state index contributed by atoms with van der Waals surface area (Å²) in [6, 6.07) is 3.81. The molecule has 0 N–H and O–H groups in total. The van der Waals surface area contributed by atoms with Crippen LogP contribution in [0, 0.1) is 17.0 Å². The Morgan fingerprint density at radius 2 is 1.87 bits per heavy atom. The molecular formula is C14H19N3O5S. The number of amides is 1. The molecule has 126 valence electrons. The average molecular weight is 341 g/mol. The van der Waals surface area contributed by atoms with Gasteiger partial charge in [0.1, 0.15) is 0 Å². The van der Waals surface area contributed by atoms with Crippen molar-refractivity contribution in [2.24, 2.45) is 0 Å². The Morgan fingerprint density at radius 3 is 2.39 bits per heavy atom. The van der Waals surface area contributed by atoms with E-state index in [2.05, 4.69) is 0 Å². The van der Waals surface area contributed by atoms with Crippen LogP contribution in [0.5, 0.6) is 0 Å². The van der Waals surface area contributed by atoms with Crippen LogP contribution in [0.3, 0.4) is 0 Å². The average Bonchev–Trinajstić information content (AvgIpc) is 2.54. The Bertz CT molecular complexity index is 724. The first-order valence-electron chi connectivity index (χ1n) is 7.30. The van der Waals surface area contributed by atoms with E-state index in [1.165, 1.54) is 16.4 Å². The quantitative estimate of drug-likeness (QED) is 0.604. The van der Waals surface area contributed by atoms with Crippen molar-refractivity contribution in [2.45, 2.75) is 25.2 Å². The number of carbonyl (C=O) groups excluding carboxylic acids is 1. The number of rotatable bonds is 4. The Balaban J connectivity index is 2.25. The van der Waals surface area contributed by atoms with Gasteiger partial charge in [0.2, 0.25) is 15.9 Å². The zero-order valence-corrected chi connectivity index (χ0v) is 13.9. The van der Waals surface area contributed by atoms with Gasteiger partial charge >= 0.3 is 0 Å². The standard InChI is InChI=1S/C14H19N3O5S/c1-3-14(18)15-6-8-16(9-7-15)23(21,22)13-10-12(17(19)20)5-4-11(13)2/h4-5,10H,3,6-9H2,1-2H3. The SMILES string of the molecule is CCC(=O)N1CCN(S(=O)(=O)c2cc([N+](=O)[O-])ccc2C)CC1. The number of hydrogen-bond acceptors (Lipinski definition) is 5. The molecule has 0 unspecified atom stereocenters. The monoisotopic (exact) mass is 341 g/mol. The molecule has 1 aliphatic heterocycles. The maximum absolute atomic E-state index is 12.7. The van der Waals surface area contributed by atoms with Crippen LogP contribution in [0.2, 0.25) is 0 Å². The third kappa shape index (κ3) is 3.50. The summed E-state index contributed by atoms with van der Waals surface area (Å²) in [4.78, 5) is 23.5. The molecule has 1 aromatic carbocycles. The zero-order chi connectivity index (χ0) is 17.2. The van der Waals surface area contributed by atoms with Crippen molar-refractivity contribution >= 4 is 21.6 Å². The van der Waals surface area contributed by atoms with E-state index in [1.54, 1.807) is 18.7 Å². The summed E-state index contributed by atoms with van der Waals surface area (Å²) in [5.74, 6) is -0.00595. The van der Waals surface area contributed by atoms with Gasteiger partial charge in [-0.3, -0.25) is 14.9 Å². The van der Waals surface area contributed by atoms with Gasteiger partial charge in [-0.05, 0) is 12.5 Å². The fourth-order valence-corrected chi connectivity index (χ4v) is 4.19. The summed E-state index contributed by atoms with van der Waals surface area (Å²) in [6.45, 7) is 4.41. The van der Waals surface area contributed by atoms with Crippen molar-refractivity contribution in [2.75, 3.05) is 26.2 Å². The lowest BCUT2D eigenvalue weighted by Crippen LogP contribution is -2.50. The molecule has 1 aliphatic rings. The number of non-ortho nitro benzene ring substituents is 1. The van der Waals surface area contributed by atoms with Gasteiger partial charge in [-0.2, -0.15) is 4.31 Å². The van der Waals surface area contributed by atoms with Crippen LogP contribution in [0.1, 0.15) is 18.9 Å². The van der Waals surface area contributed by atoms with Crippen LogP contribution >= 0.6 is 0 Å². The number of benzene rings is 1. The highest BCUT2D eigenvalue weighted by atomic mass is 32.2. The molecule has 0 saturated carbocycles. The maximum atomic E-state index is 12.7. The van der Waals surface area contributed by atoms with E-state index in [9.17, 15) is 23.3 Å². The number of carbonyl (C=O) groups is 1. The first-order valence-corrected chi connectivity index (χ1v) is 8.74. The summed E-state index contributed by atoms with van der Waals surface area (Å²) >= 11 is 0. The molecule has 1 aromatic rings. The molecule has 0 bridgehead atoms. The van der Waals surface area contributed by atoms with Crippen molar-refractivity contribution in [3.05, 3.63) is 33.9 Å². The number of nitro benzene ring substituents is 1. The van der Waals surface area contributed by atoms with Gasteiger partial charge in [-0.25, -0.2) is 8.42 Å². The number of aryl methyl sites for hydroxylation is 1. The van der Waals surface area contributed by atoms with Crippen molar-refractivity contribution in [1.82, 2.24) is 9.21 Å². The lowest BCUT2D eigenvalue weighted by molar-refractivity contribution is -0.385. The molecule has 0 atom stereocenters. The third-order valence-electron chi connectivity index (χ3n) is 3.89. The number of nitrogens with zero attached hydrogens (tertiary/aromatic N) is 3. The van der Waals surface area contributed by atoms with Gasteiger partial charge in [0.05, 0.1) is 9.82 Å². The molecule has 2 rings (SSSR count). The topological polar surface area (TPSA) is 101 Å². The van der Waals surface area contributed by atoms with Gasteiger partial charge in [0.25, 0.3) is 5.69 Å². The van der Waals surface area contributed by atoms with E-state index in [1.807, 2.05) is 0 Å². The number of sulfonamides is 1. The molecule has 1 fully saturated rings. The summed E-state index contributed by atoms with van der Waals surface area (Å²) in [5, 5.41) is 10.9. The van der Waals surface area contributed by atoms with Crippen LogP contribution in [-0.4, -0.2) is 54.6 Å². The minimum absolute atomic E-state index is 0.00595. The van der Waals surface area contributed by atoms with Gasteiger partial charge in [0, 0.05) is 44.7 Å². The van der Waals surface area contributed by atoms with Gasteiger partial charge in [-0.1, -0.05) is 13.0 Å². The van der Waals surface area contributed by atoms with Crippen LogP contribution in [0.25, 0.3) is 0 Å².